The lowest BCUT2D eigenvalue weighted by atomic mass is 9.99. The molecular weight excluding hydrogens is 346 g/mol. The van der Waals surface area contributed by atoms with Crippen LogP contribution in [0.1, 0.15) is 39.5 Å². The average molecular weight is 373 g/mol. The number of ether oxygens (including phenoxy) is 2. The van der Waals surface area contributed by atoms with Gasteiger partial charge >= 0.3 is 0 Å². The number of carbonyl (C=O) groups excluding carboxylic acids is 2. The van der Waals surface area contributed by atoms with Crippen molar-refractivity contribution in [3.8, 4) is 11.5 Å². The molecule has 3 aliphatic heterocycles. The van der Waals surface area contributed by atoms with Crippen LogP contribution in [0.25, 0.3) is 0 Å². The number of fused-ring (bicyclic) bond motifs is 1. The maximum Gasteiger partial charge on any atom is 0.239 e. The topological polar surface area (TPSA) is 71.1 Å². The van der Waals surface area contributed by atoms with Gasteiger partial charge in [0.2, 0.25) is 11.8 Å². The van der Waals surface area contributed by atoms with E-state index in [1.807, 2.05) is 18.2 Å². The van der Waals surface area contributed by atoms with E-state index in [1.54, 1.807) is 4.90 Å². The van der Waals surface area contributed by atoms with Crippen LogP contribution in [0, 0.1) is 5.92 Å². The van der Waals surface area contributed by atoms with Gasteiger partial charge in [-0.05, 0) is 38.8 Å². The van der Waals surface area contributed by atoms with Gasteiger partial charge in [-0.15, -0.1) is 0 Å². The third-order valence-electron chi connectivity index (χ3n) is 5.77. The van der Waals surface area contributed by atoms with Crippen molar-refractivity contribution in [1.82, 2.24) is 10.4 Å². The molecule has 4 rings (SSSR count). The van der Waals surface area contributed by atoms with Crippen LogP contribution in [0.2, 0.25) is 0 Å². The lowest BCUT2D eigenvalue weighted by Crippen LogP contribution is -2.55. The molecule has 0 unspecified atom stereocenters. The van der Waals surface area contributed by atoms with E-state index in [4.69, 9.17) is 9.47 Å². The highest BCUT2D eigenvalue weighted by Gasteiger charge is 2.37. The minimum Gasteiger partial charge on any atom is -0.486 e. The van der Waals surface area contributed by atoms with E-state index >= 15 is 0 Å². The van der Waals surface area contributed by atoms with Crippen LogP contribution in [0.15, 0.2) is 18.2 Å². The maximum absolute atomic E-state index is 12.8. The van der Waals surface area contributed by atoms with Crippen molar-refractivity contribution in [3.05, 3.63) is 18.2 Å². The Morgan fingerprint density at radius 2 is 1.81 bits per heavy atom. The number of hydrogen-bond donors (Lipinski definition) is 1. The molecule has 0 bridgehead atoms. The summed E-state index contributed by atoms with van der Waals surface area (Å²) in [6, 6.07) is 6.14. The lowest BCUT2D eigenvalue weighted by molar-refractivity contribution is -0.133. The van der Waals surface area contributed by atoms with E-state index < -0.39 is 0 Å². The predicted molar refractivity (Wildman–Crippen MR) is 101 cm³/mol. The van der Waals surface area contributed by atoms with Gasteiger partial charge in [0.25, 0.3) is 0 Å². The van der Waals surface area contributed by atoms with Gasteiger partial charge in [-0.3, -0.25) is 15.0 Å². The van der Waals surface area contributed by atoms with Gasteiger partial charge in [-0.2, -0.15) is 0 Å². The summed E-state index contributed by atoms with van der Waals surface area (Å²) in [5, 5.41) is 2.06. The zero-order chi connectivity index (χ0) is 19.0. The Morgan fingerprint density at radius 3 is 2.56 bits per heavy atom. The van der Waals surface area contributed by atoms with Crippen molar-refractivity contribution in [1.29, 1.82) is 0 Å². The third-order valence-corrected chi connectivity index (χ3v) is 5.77. The number of anilines is 1. The van der Waals surface area contributed by atoms with Gasteiger partial charge < -0.3 is 14.4 Å². The van der Waals surface area contributed by atoms with Gasteiger partial charge in [0.05, 0.1) is 5.92 Å². The molecule has 7 heteroatoms. The van der Waals surface area contributed by atoms with Gasteiger partial charge in [-0.25, -0.2) is 5.01 Å². The van der Waals surface area contributed by atoms with Crippen molar-refractivity contribution in [2.75, 3.05) is 24.7 Å². The van der Waals surface area contributed by atoms with Crippen molar-refractivity contribution in [3.63, 3.8) is 0 Å². The largest absolute Gasteiger partial charge is 0.486 e. The fourth-order valence-corrected chi connectivity index (χ4v) is 4.19. The molecule has 7 nitrogen and oxygen atoms in total. The fourth-order valence-electron chi connectivity index (χ4n) is 4.19. The lowest BCUT2D eigenvalue weighted by Gasteiger charge is -2.39. The van der Waals surface area contributed by atoms with Crippen molar-refractivity contribution in [2.45, 2.75) is 51.6 Å². The molecule has 1 N–H and O–H groups in total. The van der Waals surface area contributed by atoms with Crippen LogP contribution < -0.4 is 19.8 Å². The first kappa shape index (κ1) is 18.1. The smallest absolute Gasteiger partial charge is 0.239 e. The standard InChI is InChI=1S/C20H27N3O4/c1-13-4-3-5-14(2)23(13)21-20(25)15-10-19(24)22(12-15)16-6-7-17-18(11-16)27-9-8-26-17/h6-7,11,13-15H,3-5,8-10,12H2,1-2H3,(H,21,25)/t13-,14-,15+/m1/s1. The number of rotatable bonds is 3. The summed E-state index contributed by atoms with van der Waals surface area (Å²) in [6.07, 6.45) is 3.58. The molecule has 2 amide bonds. The Hall–Kier alpha value is -2.28. The second-order valence-electron chi connectivity index (χ2n) is 7.75. The Kier molecular flexibility index (Phi) is 4.95. The van der Waals surface area contributed by atoms with Crippen LogP contribution in [-0.4, -0.2) is 48.7 Å². The van der Waals surface area contributed by atoms with Gasteiger partial charge in [0.15, 0.2) is 11.5 Å². The van der Waals surface area contributed by atoms with Crippen molar-refractivity contribution in [2.24, 2.45) is 5.92 Å². The molecule has 1 aromatic carbocycles. The number of hydrogen-bond acceptors (Lipinski definition) is 5. The summed E-state index contributed by atoms with van der Waals surface area (Å²) < 4.78 is 11.1. The first-order chi connectivity index (χ1) is 13.0. The second kappa shape index (κ2) is 7.38. The van der Waals surface area contributed by atoms with E-state index in [9.17, 15) is 9.59 Å². The summed E-state index contributed by atoms with van der Waals surface area (Å²) in [4.78, 5) is 27.0. The van der Waals surface area contributed by atoms with Crippen LogP contribution in [-0.2, 0) is 9.59 Å². The quantitative estimate of drug-likeness (QED) is 0.879. The Balaban J connectivity index is 1.43. The normalized spacial score (nSPS) is 28.3. The van der Waals surface area contributed by atoms with Gasteiger partial charge in [-0.1, -0.05) is 6.42 Å². The monoisotopic (exact) mass is 373 g/mol. The number of amides is 2. The molecule has 146 valence electrons. The molecular formula is C20H27N3O4. The Bertz CT molecular complexity index is 728. The van der Waals surface area contributed by atoms with Crippen LogP contribution in [0.5, 0.6) is 11.5 Å². The number of benzene rings is 1. The highest BCUT2D eigenvalue weighted by molar-refractivity contribution is 6.00. The fraction of sp³-hybridized carbons (Fsp3) is 0.600. The number of nitrogens with one attached hydrogen (secondary N) is 1. The SMILES string of the molecule is C[C@@H]1CCC[C@@H](C)N1NC(=O)[C@H]1CC(=O)N(c2ccc3c(c2)OCCO3)C1. The van der Waals surface area contributed by atoms with Crippen molar-refractivity contribution >= 4 is 17.5 Å². The molecule has 27 heavy (non-hydrogen) atoms. The number of piperidine rings is 1. The van der Waals surface area contributed by atoms with Gasteiger partial charge in [0.1, 0.15) is 13.2 Å². The first-order valence-corrected chi connectivity index (χ1v) is 9.82. The summed E-state index contributed by atoms with van der Waals surface area (Å²) in [6.45, 7) is 5.70. The summed E-state index contributed by atoms with van der Waals surface area (Å²) in [5.41, 5.74) is 3.82. The van der Waals surface area contributed by atoms with Crippen LogP contribution in [0.4, 0.5) is 5.69 Å². The van der Waals surface area contributed by atoms with Gasteiger partial charge in [0, 0.05) is 36.8 Å². The summed E-state index contributed by atoms with van der Waals surface area (Å²) in [7, 11) is 0. The number of nitrogens with zero attached hydrogens (tertiary/aromatic N) is 2. The molecule has 1 aromatic rings. The third kappa shape index (κ3) is 3.60. The first-order valence-electron chi connectivity index (χ1n) is 9.82. The predicted octanol–water partition coefficient (Wildman–Crippen LogP) is 2.10. The molecule has 3 aliphatic rings. The molecule has 3 heterocycles. The molecule has 0 aromatic heterocycles. The molecule has 2 fully saturated rings. The number of hydrazine groups is 1. The zero-order valence-corrected chi connectivity index (χ0v) is 15.9. The molecule has 0 saturated carbocycles. The molecule has 0 spiro atoms. The van der Waals surface area contributed by atoms with Crippen molar-refractivity contribution < 1.29 is 19.1 Å². The molecule has 3 atom stereocenters. The van der Waals surface area contributed by atoms with E-state index in [0.29, 0.717) is 43.3 Å². The van der Waals surface area contributed by atoms with Crippen LogP contribution in [0.3, 0.4) is 0 Å². The number of carbonyl (C=O) groups is 2. The van der Waals surface area contributed by atoms with E-state index in [-0.39, 0.29) is 24.2 Å². The van der Waals surface area contributed by atoms with E-state index in [1.165, 1.54) is 6.42 Å². The second-order valence-corrected chi connectivity index (χ2v) is 7.75. The minimum absolute atomic E-state index is 0.0356. The average Bonchev–Trinajstić information content (AvgIpc) is 3.06. The highest BCUT2D eigenvalue weighted by atomic mass is 16.6. The Morgan fingerprint density at radius 1 is 1.11 bits per heavy atom. The summed E-state index contributed by atoms with van der Waals surface area (Å²) in [5.74, 6) is 0.900. The molecule has 2 saturated heterocycles. The highest BCUT2D eigenvalue weighted by Crippen LogP contribution is 2.36. The minimum atomic E-state index is -0.341. The van der Waals surface area contributed by atoms with E-state index in [2.05, 4.69) is 24.3 Å². The summed E-state index contributed by atoms with van der Waals surface area (Å²) >= 11 is 0. The molecule has 0 aliphatic carbocycles. The van der Waals surface area contributed by atoms with E-state index in [0.717, 1.165) is 18.5 Å². The maximum atomic E-state index is 12.8. The zero-order valence-electron chi connectivity index (χ0n) is 15.9. The molecule has 0 radical (unpaired) electrons. The van der Waals surface area contributed by atoms with Crippen LogP contribution >= 0.6 is 0 Å². The Labute approximate surface area is 159 Å².